The Balaban J connectivity index is 1.98. The van der Waals surface area contributed by atoms with Gasteiger partial charge in [-0.3, -0.25) is 4.90 Å². The molecule has 0 saturated carbocycles. The zero-order valence-corrected chi connectivity index (χ0v) is 13.0. The Morgan fingerprint density at radius 2 is 1.95 bits per heavy atom. The van der Waals surface area contributed by atoms with E-state index in [4.69, 9.17) is 0 Å². The van der Waals surface area contributed by atoms with Crippen LogP contribution >= 0.6 is 0 Å². The van der Waals surface area contributed by atoms with Gasteiger partial charge in [-0.25, -0.2) is 0 Å². The van der Waals surface area contributed by atoms with Gasteiger partial charge in [0.1, 0.15) is 0 Å². The lowest BCUT2D eigenvalue weighted by atomic mass is 9.87. The van der Waals surface area contributed by atoms with Gasteiger partial charge in [0.25, 0.3) is 0 Å². The van der Waals surface area contributed by atoms with Crippen molar-refractivity contribution in [1.82, 2.24) is 10.2 Å². The molecule has 20 heavy (non-hydrogen) atoms. The van der Waals surface area contributed by atoms with Crippen molar-refractivity contribution in [3.63, 3.8) is 0 Å². The lowest BCUT2D eigenvalue weighted by Gasteiger charge is -2.24. The summed E-state index contributed by atoms with van der Waals surface area (Å²) in [4.78, 5) is 2.44. The van der Waals surface area contributed by atoms with Crippen LogP contribution in [0.3, 0.4) is 0 Å². The minimum atomic E-state index is 0.214. The third kappa shape index (κ3) is 4.30. The van der Waals surface area contributed by atoms with E-state index in [1.807, 2.05) is 0 Å². The van der Waals surface area contributed by atoms with E-state index in [0.29, 0.717) is 0 Å². The number of nitrogens with zero attached hydrogens (tertiary/aromatic N) is 1. The highest BCUT2D eigenvalue weighted by molar-refractivity contribution is 5.27. The molecule has 1 aliphatic heterocycles. The zero-order chi connectivity index (χ0) is 14.6. The quantitative estimate of drug-likeness (QED) is 0.888. The van der Waals surface area contributed by atoms with Crippen molar-refractivity contribution in [2.75, 3.05) is 26.2 Å². The molecule has 0 spiro atoms. The Bertz CT molecular complexity index is 408. The Morgan fingerprint density at radius 1 is 1.25 bits per heavy atom. The van der Waals surface area contributed by atoms with Gasteiger partial charge in [0.05, 0.1) is 6.61 Å². The van der Waals surface area contributed by atoms with Crippen LogP contribution in [-0.2, 0) is 12.0 Å². The summed E-state index contributed by atoms with van der Waals surface area (Å²) in [6.07, 6.45) is 1.15. The predicted octanol–water partition coefficient (Wildman–Crippen LogP) is 2.14. The van der Waals surface area contributed by atoms with Crippen LogP contribution in [0.5, 0.6) is 0 Å². The molecule has 1 aromatic carbocycles. The summed E-state index contributed by atoms with van der Waals surface area (Å²) in [5.74, 6) is 0. The Labute approximate surface area is 123 Å². The number of hydrogen-bond acceptors (Lipinski definition) is 3. The molecular weight excluding hydrogens is 248 g/mol. The van der Waals surface area contributed by atoms with Crippen LogP contribution in [-0.4, -0.2) is 42.3 Å². The third-order valence-electron chi connectivity index (χ3n) is 4.01. The van der Waals surface area contributed by atoms with Crippen molar-refractivity contribution in [3.05, 3.63) is 35.4 Å². The average molecular weight is 276 g/mol. The average Bonchev–Trinajstić information content (AvgIpc) is 2.63. The number of aliphatic hydroxyl groups excluding tert-OH is 1. The molecule has 2 rings (SSSR count). The Hall–Kier alpha value is -0.900. The second-order valence-corrected chi connectivity index (χ2v) is 6.87. The first-order chi connectivity index (χ1) is 9.49. The van der Waals surface area contributed by atoms with Crippen LogP contribution < -0.4 is 5.32 Å². The summed E-state index contributed by atoms with van der Waals surface area (Å²) < 4.78 is 0. The van der Waals surface area contributed by atoms with Crippen molar-refractivity contribution in [3.8, 4) is 0 Å². The van der Waals surface area contributed by atoms with Crippen LogP contribution in [0.4, 0.5) is 0 Å². The highest BCUT2D eigenvalue weighted by atomic mass is 16.3. The number of hydrogen-bond donors (Lipinski definition) is 2. The van der Waals surface area contributed by atoms with Crippen molar-refractivity contribution in [2.24, 2.45) is 0 Å². The van der Waals surface area contributed by atoms with E-state index in [0.717, 1.165) is 32.6 Å². The summed E-state index contributed by atoms with van der Waals surface area (Å²) in [6.45, 7) is 11.0. The summed E-state index contributed by atoms with van der Waals surface area (Å²) >= 11 is 0. The van der Waals surface area contributed by atoms with E-state index in [1.54, 1.807) is 0 Å². The van der Waals surface area contributed by atoms with Gasteiger partial charge in [0, 0.05) is 19.1 Å². The highest BCUT2D eigenvalue weighted by Crippen LogP contribution is 2.22. The standard InChI is InChI=1S/C17H28N2O/c1-17(2,3)15-7-5-14(6-8-15)11-19-10-4-9-18-16(12-19)13-20/h5-8,16,18,20H,4,9-13H2,1-3H3. The molecule has 0 bridgehead atoms. The van der Waals surface area contributed by atoms with Crippen molar-refractivity contribution in [2.45, 2.75) is 45.2 Å². The second kappa shape index (κ2) is 6.70. The normalized spacial score (nSPS) is 21.7. The fourth-order valence-corrected chi connectivity index (χ4v) is 2.71. The van der Waals surface area contributed by atoms with E-state index in [-0.39, 0.29) is 18.1 Å². The molecule has 1 heterocycles. The summed E-state index contributed by atoms with van der Waals surface area (Å²) in [5, 5.41) is 12.7. The van der Waals surface area contributed by atoms with Gasteiger partial charge in [-0.05, 0) is 36.1 Å². The molecule has 3 heteroatoms. The smallest absolute Gasteiger partial charge is 0.0597 e. The molecule has 0 aliphatic carbocycles. The largest absolute Gasteiger partial charge is 0.395 e. The van der Waals surface area contributed by atoms with Crippen LogP contribution in [0.25, 0.3) is 0 Å². The minimum absolute atomic E-state index is 0.214. The molecule has 0 radical (unpaired) electrons. The molecule has 1 aliphatic rings. The molecule has 0 aromatic heterocycles. The number of nitrogens with one attached hydrogen (secondary N) is 1. The first kappa shape index (κ1) is 15.5. The van der Waals surface area contributed by atoms with Gasteiger partial charge in [-0.2, -0.15) is 0 Å². The van der Waals surface area contributed by atoms with E-state index in [1.165, 1.54) is 11.1 Å². The number of benzene rings is 1. The van der Waals surface area contributed by atoms with Crippen LogP contribution in [0, 0.1) is 0 Å². The maximum Gasteiger partial charge on any atom is 0.0597 e. The van der Waals surface area contributed by atoms with Gasteiger partial charge >= 0.3 is 0 Å². The molecule has 1 saturated heterocycles. The van der Waals surface area contributed by atoms with Crippen molar-refractivity contribution >= 4 is 0 Å². The van der Waals surface area contributed by atoms with Gasteiger partial charge in [0.15, 0.2) is 0 Å². The maximum atomic E-state index is 9.34. The highest BCUT2D eigenvalue weighted by Gasteiger charge is 2.17. The second-order valence-electron chi connectivity index (χ2n) is 6.87. The van der Waals surface area contributed by atoms with E-state index >= 15 is 0 Å². The maximum absolute atomic E-state index is 9.34. The van der Waals surface area contributed by atoms with Crippen molar-refractivity contribution < 1.29 is 5.11 Å². The molecule has 1 atom stereocenters. The zero-order valence-electron chi connectivity index (χ0n) is 13.0. The van der Waals surface area contributed by atoms with E-state index in [2.05, 4.69) is 55.3 Å². The minimum Gasteiger partial charge on any atom is -0.395 e. The fraction of sp³-hybridized carbons (Fsp3) is 0.647. The number of aliphatic hydroxyl groups is 1. The van der Waals surface area contributed by atoms with Gasteiger partial charge in [-0.1, -0.05) is 45.0 Å². The molecular formula is C17H28N2O. The van der Waals surface area contributed by atoms with Crippen LogP contribution in [0.1, 0.15) is 38.3 Å². The molecule has 112 valence electrons. The molecule has 1 fully saturated rings. The lowest BCUT2D eigenvalue weighted by molar-refractivity contribution is 0.196. The summed E-state index contributed by atoms with van der Waals surface area (Å²) in [7, 11) is 0. The van der Waals surface area contributed by atoms with Gasteiger partial charge in [-0.15, -0.1) is 0 Å². The third-order valence-corrected chi connectivity index (χ3v) is 4.01. The Morgan fingerprint density at radius 3 is 2.55 bits per heavy atom. The van der Waals surface area contributed by atoms with Gasteiger partial charge < -0.3 is 10.4 Å². The van der Waals surface area contributed by atoms with Crippen molar-refractivity contribution in [1.29, 1.82) is 0 Å². The van der Waals surface area contributed by atoms with E-state index < -0.39 is 0 Å². The van der Waals surface area contributed by atoms with Crippen LogP contribution in [0.2, 0.25) is 0 Å². The topological polar surface area (TPSA) is 35.5 Å². The van der Waals surface area contributed by atoms with Crippen LogP contribution in [0.15, 0.2) is 24.3 Å². The lowest BCUT2D eigenvalue weighted by Crippen LogP contribution is -2.39. The SMILES string of the molecule is CC(C)(C)c1ccc(CN2CCCNC(CO)C2)cc1. The monoisotopic (exact) mass is 276 g/mol. The Kier molecular flexibility index (Phi) is 5.19. The molecule has 2 N–H and O–H groups in total. The fourth-order valence-electron chi connectivity index (χ4n) is 2.71. The molecule has 1 unspecified atom stereocenters. The molecule has 3 nitrogen and oxygen atoms in total. The molecule has 0 amide bonds. The first-order valence-corrected chi connectivity index (χ1v) is 7.65. The number of rotatable bonds is 3. The predicted molar refractivity (Wildman–Crippen MR) is 83.9 cm³/mol. The molecule has 1 aromatic rings. The van der Waals surface area contributed by atoms with E-state index in [9.17, 15) is 5.11 Å². The van der Waals surface area contributed by atoms with Gasteiger partial charge in [0.2, 0.25) is 0 Å². The summed E-state index contributed by atoms with van der Waals surface area (Å²) in [5.41, 5.74) is 2.95. The summed E-state index contributed by atoms with van der Waals surface area (Å²) in [6, 6.07) is 9.19. The first-order valence-electron chi connectivity index (χ1n) is 7.65.